The van der Waals surface area contributed by atoms with Crippen molar-refractivity contribution in [2.24, 2.45) is 0 Å². The van der Waals surface area contributed by atoms with Crippen LogP contribution in [0.5, 0.6) is 0 Å². The molecular formula is C14H10BrNO. The molecule has 0 saturated carbocycles. The predicted molar refractivity (Wildman–Crippen MR) is 73.8 cm³/mol. The monoisotopic (exact) mass is 287 g/mol. The number of benzene rings is 2. The number of fused-ring (bicyclic) bond motifs is 1. The van der Waals surface area contributed by atoms with Gasteiger partial charge in [0, 0.05) is 27.2 Å². The molecule has 3 rings (SSSR count). The van der Waals surface area contributed by atoms with Crippen molar-refractivity contribution in [2.45, 2.75) is 0 Å². The molecule has 0 saturated heterocycles. The fourth-order valence-corrected chi connectivity index (χ4v) is 2.07. The highest BCUT2D eigenvalue weighted by Gasteiger charge is 2.06. The topological polar surface area (TPSA) is 39.2 Å². The van der Waals surface area contributed by atoms with E-state index in [1.54, 1.807) is 0 Å². The first-order valence-electron chi connectivity index (χ1n) is 5.27. The summed E-state index contributed by atoms with van der Waals surface area (Å²) in [5, 5.41) is 1.07. The van der Waals surface area contributed by atoms with E-state index in [-0.39, 0.29) is 0 Å². The van der Waals surface area contributed by atoms with Gasteiger partial charge in [-0.1, -0.05) is 28.1 Å². The van der Waals surface area contributed by atoms with Gasteiger partial charge in [-0.3, -0.25) is 0 Å². The van der Waals surface area contributed by atoms with Crippen LogP contribution in [-0.2, 0) is 0 Å². The number of hydrogen-bond donors (Lipinski definition) is 1. The Morgan fingerprint density at radius 3 is 2.47 bits per heavy atom. The number of halogens is 1. The van der Waals surface area contributed by atoms with Crippen molar-refractivity contribution in [1.29, 1.82) is 0 Å². The van der Waals surface area contributed by atoms with Crippen molar-refractivity contribution in [2.75, 3.05) is 5.73 Å². The maximum Gasteiger partial charge on any atom is 0.136 e. The van der Waals surface area contributed by atoms with E-state index in [1.807, 2.05) is 48.5 Å². The highest BCUT2D eigenvalue weighted by molar-refractivity contribution is 9.10. The van der Waals surface area contributed by atoms with Gasteiger partial charge in [-0.2, -0.15) is 0 Å². The zero-order chi connectivity index (χ0) is 11.8. The minimum absolute atomic E-state index is 0.717. The van der Waals surface area contributed by atoms with Crippen LogP contribution >= 0.6 is 15.9 Å². The molecule has 3 aromatic rings. The van der Waals surface area contributed by atoms with Crippen LogP contribution in [0.2, 0.25) is 0 Å². The van der Waals surface area contributed by atoms with Crippen LogP contribution in [0, 0.1) is 0 Å². The second-order valence-electron chi connectivity index (χ2n) is 3.91. The Kier molecular flexibility index (Phi) is 2.41. The zero-order valence-electron chi connectivity index (χ0n) is 8.98. The van der Waals surface area contributed by atoms with Gasteiger partial charge in [-0.15, -0.1) is 0 Å². The minimum atomic E-state index is 0.717. The van der Waals surface area contributed by atoms with E-state index in [1.165, 1.54) is 0 Å². The van der Waals surface area contributed by atoms with E-state index in [4.69, 9.17) is 10.2 Å². The molecule has 2 nitrogen and oxygen atoms in total. The summed E-state index contributed by atoms with van der Waals surface area (Å²) in [7, 11) is 0. The van der Waals surface area contributed by atoms with Gasteiger partial charge in [-0.25, -0.2) is 0 Å². The van der Waals surface area contributed by atoms with Crippen LogP contribution in [0.15, 0.2) is 57.4 Å². The van der Waals surface area contributed by atoms with Crippen LogP contribution in [-0.4, -0.2) is 0 Å². The Morgan fingerprint density at radius 2 is 1.71 bits per heavy atom. The molecule has 0 radical (unpaired) electrons. The third-order valence-corrected chi connectivity index (χ3v) is 3.20. The van der Waals surface area contributed by atoms with Crippen molar-refractivity contribution < 1.29 is 4.42 Å². The van der Waals surface area contributed by atoms with Gasteiger partial charge in [0.25, 0.3) is 0 Å². The molecule has 0 aliphatic carbocycles. The van der Waals surface area contributed by atoms with Crippen molar-refractivity contribution >= 4 is 32.6 Å². The smallest absolute Gasteiger partial charge is 0.136 e. The van der Waals surface area contributed by atoms with Crippen LogP contribution in [0.25, 0.3) is 22.3 Å². The highest BCUT2D eigenvalue weighted by atomic mass is 79.9. The Morgan fingerprint density at radius 1 is 0.941 bits per heavy atom. The molecule has 0 amide bonds. The Labute approximate surface area is 107 Å². The van der Waals surface area contributed by atoms with Gasteiger partial charge in [0.1, 0.15) is 11.3 Å². The second kappa shape index (κ2) is 3.93. The summed E-state index contributed by atoms with van der Waals surface area (Å²) in [6.07, 6.45) is 0. The van der Waals surface area contributed by atoms with Gasteiger partial charge in [-0.05, 0) is 30.3 Å². The van der Waals surface area contributed by atoms with E-state index in [0.29, 0.717) is 5.69 Å². The van der Waals surface area contributed by atoms with Crippen molar-refractivity contribution in [3.05, 3.63) is 53.0 Å². The molecule has 17 heavy (non-hydrogen) atoms. The predicted octanol–water partition coefficient (Wildman–Crippen LogP) is 4.44. The molecule has 1 aromatic heterocycles. The maximum absolute atomic E-state index is 5.78. The fourth-order valence-electron chi connectivity index (χ4n) is 1.80. The molecule has 0 unspecified atom stereocenters. The SMILES string of the molecule is Nc1ccc2cc(-c3ccc(Br)cc3)oc2c1. The molecule has 1 heterocycles. The number of rotatable bonds is 1. The van der Waals surface area contributed by atoms with E-state index >= 15 is 0 Å². The summed E-state index contributed by atoms with van der Waals surface area (Å²) in [4.78, 5) is 0. The van der Waals surface area contributed by atoms with Crippen molar-refractivity contribution in [3.8, 4) is 11.3 Å². The second-order valence-corrected chi connectivity index (χ2v) is 4.83. The van der Waals surface area contributed by atoms with Crippen LogP contribution in [0.3, 0.4) is 0 Å². The van der Waals surface area contributed by atoms with Gasteiger partial charge in [0.05, 0.1) is 0 Å². The first kappa shape index (κ1) is 10.4. The molecule has 2 aromatic carbocycles. The summed E-state index contributed by atoms with van der Waals surface area (Å²) in [5.74, 6) is 0.859. The normalized spacial score (nSPS) is 10.9. The van der Waals surface area contributed by atoms with Gasteiger partial charge in [0.15, 0.2) is 0 Å². The zero-order valence-corrected chi connectivity index (χ0v) is 10.6. The lowest BCUT2D eigenvalue weighted by Gasteiger charge is -1.95. The average molecular weight is 288 g/mol. The standard InChI is InChI=1S/C14H10BrNO/c15-11-4-1-9(2-5-11)13-7-10-3-6-12(16)8-14(10)17-13/h1-8H,16H2. The first-order valence-corrected chi connectivity index (χ1v) is 6.07. The first-order chi connectivity index (χ1) is 8.22. The van der Waals surface area contributed by atoms with E-state index < -0.39 is 0 Å². The van der Waals surface area contributed by atoms with Gasteiger partial charge >= 0.3 is 0 Å². The number of furan rings is 1. The molecule has 84 valence electrons. The summed E-state index contributed by atoms with van der Waals surface area (Å²) in [6.45, 7) is 0. The summed E-state index contributed by atoms with van der Waals surface area (Å²) in [6, 6.07) is 15.7. The third kappa shape index (κ3) is 1.94. The number of anilines is 1. The maximum atomic E-state index is 5.78. The minimum Gasteiger partial charge on any atom is -0.456 e. The lowest BCUT2D eigenvalue weighted by Crippen LogP contribution is -1.80. The van der Waals surface area contributed by atoms with Crippen LogP contribution in [0.4, 0.5) is 5.69 Å². The Bertz CT molecular complexity index is 670. The molecular weight excluding hydrogens is 278 g/mol. The number of hydrogen-bond acceptors (Lipinski definition) is 2. The van der Waals surface area contributed by atoms with Crippen LogP contribution < -0.4 is 5.73 Å². The third-order valence-electron chi connectivity index (χ3n) is 2.67. The molecule has 0 atom stereocenters. The highest BCUT2D eigenvalue weighted by Crippen LogP contribution is 2.29. The molecule has 3 heteroatoms. The molecule has 0 spiro atoms. The molecule has 0 fully saturated rings. The lowest BCUT2D eigenvalue weighted by atomic mass is 10.1. The lowest BCUT2D eigenvalue weighted by molar-refractivity contribution is 0.632. The Hall–Kier alpha value is -1.74. The summed E-state index contributed by atoms with van der Waals surface area (Å²) < 4.78 is 6.84. The fraction of sp³-hybridized carbons (Fsp3) is 0. The van der Waals surface area contributed by atoms with E-state index in [0.717, 1.165) is 26.8 Å². The number of nitrogens with two attached hydrogens (primary N) is 1. The summed E-state index contributed by atoms with van der Waals surface area (Å²) in [5.41, 5.74) is 8.32. The molecule has 0 bridgehead atoms. The van der Waals surface area contributed by atoms with Crippen molar-refractivity contribution in [1.82, 2.24) is 0 Å². The largest absolute Gasteiger partial charge is 0.456 e. The van der Waals surface area contributed by atoms with E-state index in [2.05, 4.69) is 15.9 Å². The molecule has 2 N–H and O–H groups in total. The summed E-state index contributed by atoms with van der Waals surface area (Å²) >= 11 is 3.42. The molecule has 0 aliphatic heterocycles. The van der Waals surface area contributed by atoms with E-state index in [9.17, 15) is 0 Å². The number of nitrogen functional groups attached to an aromatic ring is 1. The van der Waals surface area contributed by atoms with Gasteiger partial charge in [0.2, 0.25) is 0 Å². The average Bonchev–Trinajstić information content (AvgIpc) is 2.72. The molecule has 0 aliphatic rings. The van der Waals surface area contributed by atoms with Gasteiger partial charge < -0.3 is 10.2 Å². The quantitative estimate of drug-likeness (QED) is 0.672. The van der Waals surface area contributed by atoms with Crippen molar-refractivity contribution in [3.63, 3.8) is 0 Å². The Balaban J connectivity index is 2.14. The van der Waals surface area contributed by atoms with Crippen LogP contribution in [0.1, 0.15) is 0 Å².